The van der Waals surface area contributed by atoms with Crippen molar-refractivity contribution in [2.75, 3.05) is 14.2 Å². The van der Waals surface area contributed by atoms with Crippen LogP contribution in [0.3, 0.4) is 0 Å². The summed E-state index contributed by atoms with van der Waals surface area (Å²) in [6.45, 7) is 4.82. The minimum absolute atomic E-state index is 0.165. The predicted octanol–water partition coefficient (Wildman–Crippen LogP) is 5.26. The van der Waals surface area contributed by atoms with E-state index < -0.39 is 5.91 Å². The molecule has 0 aliphatic carbocycles. The Morgan fingerprint density at radius 3 is 2.42 bits per heavy atom. The number of aromatic nitrogens is 1. The number of nitrogens with two attached hydrogens (primary N) is 1. The number of ether oxygens (including phenoxy) is 2. The second kappa shape index (κ2) is 10.9. The molecular formula is C27H34N2O4. The lowest BCUT2D eigenvalue weighted by atomic mass is 9.97. The summed E-state index contributed by atoms with van der Waals surface area (Å²) in [4.78, 5) is 12.5. The van der Waals surface area contributed by atoms with E-state index in [1.165, 1.54) is 0 Å². The lowest BCUT2D eigenvalue weighted by Gasteiger charge is -2.15. The van der Waals surface area contributed by atoms with Crippen LogP contribution in [0, 0.1) is 6.92 Å². The van der Waals surface area contributed by atoms with Gasteiger partial charge in [-0.2, -0.15) is 0 Å². The van der Waals surface area contributed by atoms with Gasteiger partial charge in [-0.05, 0) is 61.6 Å². The van der Waals surface area contributed by atoms with Crippen LogP contribution in [0.1, 0.15) is 53.5 Å². The Morgan fingerprint density at radius 2 is 1.79 bits per heavy atom. The molecule has 1 amide bonds. The van der Waals surface area contributed by atoms with Crippen molar-refractivity contribution in [3.63, 3.8) is 0 Å². The number of aromatic hydroxyl groups is 1. The number of phenols is 1. The van der Waals surface area contributed by atoms with Crippen LogP contribution >= 0.6 is 0 Å². The molecular weight excluding hydrogens is 416 g/mol. The molecule has 176 valence electrons. The fourth-order valence-electron chi connectivity index (χ4n) is 4.45. The minimum atomic E-state index is -0.451. The monoisotopic (exact) mass is 450 g/mol. The van der Waals surface area contributed by atoms with Crippen LogP contribution in [-0.4, -0.2) is 29.8 Å². The number of aryl methyl sites for hydroxylation is 1. The van der Waals surface area contributed by atoms with Gasteiger partial charge in [0.2, 0.25) is 0 Å². The van der Waals surface area contributed by atoms with Crippen molar-refractivity contribution in [3.8, 4) is 28.4 Å². The highest BCUT2D eigenvalue weighted by Crippen LogP contribution is 2.36. The molecule has 0 spiro atoms. The van der Waals surface area contributed by atoms with Gasteiger partial charge in [0.25, 0.3) is 5.91 Å². The third-order valence-corrected chi connectivity index (χ3v) is 6.10. The van der Waals surface area contributed by atoms with Gasteiger partial charge in [0.05, 0.1) is 19.8 Å². The largest absolute Gasteiger partial charge is 0.508 e. The summed E-state index contributed by atoms with van der Waals surface area (Å²) < 4.78 is 13.0. The third kappa shape index (κ3) is 5.33. The average molecular weight is 451 g/mol. The molecule has 0 atom stereocenters. The fourth-order valence-corrected chi connectivity index (χ4v) is 4.45. The number of hydrogen-bond acceptors (Lipinski definition) is 4. The maximum Gasteiger partial charge on any atom is 0.251 e. The van der Waals surface area contributed by atoms with E-state index >= 15 is 0 Å². The Morgan fingerprint density at radius 1 is 1.03 bits per heavy atom. The first-order valence-corrected chi connectivity index (χ1v) is 11.4. The summed E-state index contributed by atoms with van der Waals surface area (Å²) >= 11 is 0. The van der Waals surface area contributed by atoms with Crippen molar-refractivity contribution < 1.29 is 19.4 Å². The van der Waals surface area contributed by atoms with E-state index in [2.05, 4.69) is 11.5 Å². The second-order valence-electron chi connectivity index (χ2n) is 8.24. The number of phenolic OH excluding ortho intramolecular Hbond substituents is 1. The first kappa shape index (κ1) is 24.2. The smallest absolute Gasteiger partial charge is 0.251 e. The lowest BCUT2D eigenvalue weighted by molar-refractivity contribution is 0.1000. The Kier molecular flexibility index (Phi) is 8.04. The standard InChI is InChI=1S/C27H34N2O4/c1-5-6-7-11-22-26(20-9-8-10-21(30)17-20)25(27(28)31)18(2)29(22)15-14-19-12-13-23(32-3)24(16-19)33-4/h8-10,12-13,16-17,30H,5-7,11,14-15H2,1-4H3,(H2,28,31). The molecule has 2 aromatic carbocycles. The van der Waals surface area contributed by atoms with E-state index in [9.17, 15) is 9.90 Å². The molecule has 6 heteroatoms. The topological polar surface area (TPSA) is 86.7 Å². The molecule has 6 nitrogen and oxygen atoms in total. The number of hydrogen-bond donors (Lipinski definition) is 2. The highest BCUT2D eigenvalue weighted by Gasteiger charge is 2.24. The van der Waals surface area contributed by atoms with Crippen LogP contribution < -0.4 is 15.2 Å². The summed E-state index contributed by atoms with van der Waals surface area (Å²) in [7, 11) is 3.25. The van der Waals surface area contributed by atoms with Gasteiger partial charge in [-0.3, -0.25) is 4.79 Å². The molecule has 0 aliphatic heterocycles. The van der Waals surface area contributed by atoms with E-state index in [-0.39, 0.29) is 5.75 Å². The summed E-state index contributed by atoms with van der Waals surface area (Å²) in [6, 6.07) is 13.0. The molecule has 3 N–H and O–H groups in total. The average Bonchev–Trinajstić information content (AvgIpc) is 3.09. The van der Waals surface area contributed by atoms with Gasteiger partial charge >= 0.3 is 0 Å². The molecule has 3 aromatic rings. The highest BCUT2D eigenvalue weighted by atomic mass is 16.5. The highest BCUT2D eigenvalue weighted by molar-refractivity contribution is 6.02. The maximum atomic E-state index is 12.5. The van der Waals surface area contributed by atoms with E-state index in [1.807, 2.05) is 31.2 Å². The van der Waals surface area contributed by atoms with Crippen LogP contribution in [-0.2, 0) is 19.4 Å². The molecule has 0 saturated carbocycles. The van der Waals surface area contributed by atoms with Crippen molar-refractivity contribution in [3.05, 3.63) is 65.0 Å². The van der Waals surface area contributed by atoms with Gasteiger partial charge in [-0.15, -0.1) is 0 Å². The summed E-state index contributed by atoms with van der Waals surface area (Å²) in [5.74, 6) is 1.10. The van der Waals surface area contributed by atoms with Gasteiger partial charge in [-0.1, -0.05) is 38.0 Å². The van der Waals surface area contributed by atoms with E-state index in [0.29, 0.717) is 23.6 Å². The van der Waals surface area contributed by atoms with Crippen molar-refractivity contribution in [1.82, 2.24) is 4.57 Å². The van der Waals surface area contributed by atoms with Crippen LogP contribution in [0.2, 0.25) is 0 Å². The van der Waals surface area contributed by atoms with Gasteiger partial charge in [0.15, 0.2) is 11.5 Å². The molecule has 0 unspecified atom stereocenters. The summed E-state index contributed by atoms with van der Waals surface area (Å²) in [5, 5.41) is 10.1. The maximum absolute atomic E-state index is 12.5. The minimum Gasteiger partial charge on any atom is -0.508 e. The summed E-state index contributed by atoms with van der Waals surface area (Å²) in [5.41, 5.74) is 11.1. The molecule has 0 radical (unpaired) electrons. The molecule has 0 aliphatic rings. The molecule has 1 heterocycles. The van der Waals surface area contributed by atoms with Crippen LogP contribution in [0.25, 0.3) is 11.1 Å². The van der Waals surface area contributed by atoms with Gasteiger partial charge in [0, 0.05) is 23.5 Å². The second-order valence-corrected chi connectivity index (χ2v) is 8.24. The van der Waals surface area contributed by atoms with Crippen molar-refractivity contribution in [2.24, 2.45) is 5.73 Å². The van der Waals surface area contributed by atoms with E-state index in [4.69, 9.17) is 15.2 Å². The Hall–Kier alpha value is -3.41. The SMILES string of the molecule is CCCCCc1c(-c2cccc(O)c2)c(C(N)=O)c(C)n1CCc1ccc(OC)c(OC)c1. The van der Waals surface area contributed by atoms with E-state index in [1.54, 1.807) is 32.4 Å². The van der Waals surface area contributed by atoms with Crippen LogP contribution in [0.5, 0.6) is 17.2 Å². The summed E-state index contributed by atoms with van der Waals surface area (Å²) in [6.07, 6.45) is 4.81. The van der Waals surface area contributed by atoms with E-state index in [0.717, 1.165) is 60.2 Å². The van der Waals surface area contributed by atoms with Gasteiger partial charge < -0.3 is 24.9 Å². The number of carbonyl (C=O) groups excluding carboxylic acids is 1. The van der Waals surface area contributed by atoms with Gasteiger partial charge in [0.1, 0.15) is 5.75 Å². The Balaban J connectivity index is 2.06. The fraction of sp³-hybridized carbons (Fsp3) is 0.370. The molecule has 0 fully saturated rings. The predicted molar refractivity (Wildman–Crippen MR) is 131 cm³/mol. The zero-order chi connectivity index (χ0) is 24.0. The number of carbonyl (C=O) groups is 1. The quantitative estimate of drug-likeness (QED) is 0.390. The number of amides is 1. The number of primary amides is 1. The van der Waals surface area contributed by atoms with Gasteiger partial charge in [-0.25, -0.2) is 0 Å². The van der Waals surface area contributed by atoms with Crippen molar-refractivity contribution in [1.29, 1.82) is 0 Å². The zero-order valence-corrected chi connectivity index (χ0v) is 20.0. The molecule has 0 saturated heterocycles. The first-order chi connectivity index (χ1) is 15.9. The Labute approximate surface area is 196 Å². The molecule has 1 aromatic heterocycles. The van der Waals surface area contributed by atoms with Crippen LogP contribution in [0.15, 0.2) is 42.5 Å². The number of unbranched alkanes of at least 4 members (excludes halogenated alkanes) is 2. The number of nitrogens with zero attached hydrogens (tertiary/aromatic N) is 1. The number of rotatable bonds is 11. The number of methoxy groups -OCH3 is 2. The normalized spacial score (nSPS) is 10.9. The molecule has 0 bridgehead atoms. The third-order valence-electron chi connectivity index (χ3n) is 6.10. The Bertz CT molecular complexity index is 1120. The first-order valence-electron chi connectivity index (χ1n) is 11.4. The van der Waals surface area contributed by atoms with Crippen molar-refractivity contribution in [2.45, 2.75) is 52.5 Å². The van der Waals surface area contributed by atoms with Crippen LogP contribution in [0.4, 0.5) is 0 Å². The lowest BCUT2D eigenvalue weighted by Crippen LogP contribution is -2.14. The van der Waals surface area contributed by atoms with Crippen molar-refractivity contribution >= 4 is 5.91 Å². The number of benzene rings is 2. The zero-order valence-electron chi connectivity index (χ0n) is 20.0. The molecule has 33 heavy (non-hydrogen) atoms. The molecule has 3 rings (SSSR count).